The number of hydrogen-bond acceptors (Lipinski definition) is 6. The Morgan fingerprint density at radius 2 is 1.97 bits per heavy atom. The van der Waals surface area contributed by atoms with Crippen LogP contribution in [0.25, 0.3) is 11.1 Å². The van der Waals surface area contributed by atoms with Gasteiger partial charge in [0.1, 0.15) is 5.69 Å². The lowest BCUT2D eigenvalue weighted by molar-refractivity contribution is -0.147. The summed E-state index contributed by atoms with van der Waals surface area (Å²) in [6, 6.07) is 7.92. The highest BCUT2D eigenvalue weighted by atomic mass is 19.4. The van der Waals surface area contributed by atoms with Crippen molar-refractivity contribution in [3.05, 3.63) is 65.7 Å². The molecule has 10 heteroatoms. The summed E-state index contributed by atoms with van der Waals surface area (Å²) in [5.74, 6) is -1.73. The van der Waals surface area contributed by atoms with E-state index in [4.69, 9.17) is 0 Å². The number of pyridine rings is 1. The van der Waals surface area contributed by atoms with Crippen LogP contribution < -0.4 is 5.32 Å². The number of benzene rings is 1. The summed E-state index contributed by atoms with van der Waals surface area (Å²) >= 11 is 0. The van der Waals surface area contributed by atoms with Gasteiger partial charge in [-0.05, 0) is 68.0 Å². The highest BCUT2D eigenvalue weighted by Crippen LogP contribution is 2.41. The number of carboxylic acid groups (broad SMARTS) is 1. The monoisotopic (exact) mass is 472 g/mol. The first kappa shape index (κ1) is 23.6. The molecule has 178 valence electrons. The van der Waals surface area contributed by atoms with Crippen molar-refractivity contribution in [2.24, 2.45) is 5.92 Å². The molecule has 1 saturated carbocycles. The SMILES string of the molecule is Cc1cc(Nc2nccc(C(F)(F)F)n2)cc(-c2cncc(C3(O)CCCC(C(=O)O)C3)c2)c1. The second kappa shape index (κ2) is 9.02. The molecule has 0 spiro atoms. The number of aliphatic hydroxyl groups is 1. The first-order valence-corrected chi connectivity index (χ1v) is 10.7. The van der Waals surface area contributed by atoms with E-state index in [1.165, 1.54) is 0 Å². The van der Waals surface area contributed by atoms with Gasteiger partial charge in [-0.15, -0.1) is 0 Å². The largest absolute Gasteiger partial charge is 0.481 e. The number of anilines is 2. The van der Waals surface area contributed by atoms with Crippen LogP contribution in [0.3, 0.4) is 0 Å². The second-order valence-corrected chi connectivity index (χ2v) is 8.60. The molecular weight excluding hydrogens is 449 g/mol. The molecule has 4 rings (SSSR count). The molecule has 1 aliphatic rings. The molecule has 0 saturated heterocycles. The van der Waals surface area contributed by atoms with Crippen molar-refractivity contribution >= 4 is 17.6 Å². The van der Waals surface area contributed by atoms with Gasteiger partial charge in [-0.25, -0.2) is 9.97 Å². The van der Waals surface area contributed by atoms with Gasteiger partial charge in [0, 0.05) is 35.4 Å². The fourth-order valence-corrected chi connectivity index (χ4v) is 4.31. The minimum absolute atomic E-state index is 0.112. The van der Waals surface area contributed by atoms with E-state index >= 15 is 0 Å². The molecule has 1 aliphatic carbocycles. The van der Waals surface area contributed by atoms with Gasteiger partial charge >= 0.3 is 12.1 Å². The van der Waals surface area contributed by atoms with Gasteiger partial charge in [0.2, 0.25) is 5.95 Å². The van der Waals surface area contributed by atoms with E-state index in [0.29, 0.717) is 36.1 Å². The van der Waals surface area contributed by atoms with Crippen molar-refractivity contribution in [2.75, 3.05) is 5.32 Å². The Hall–Kier alpha value is -3.53. The molecular formula is C24H23F3N4O3. The quantitative estimate of drug-likeness (QED) is 0.476. The van der Waals surface area contributed by atoms with E-state index in [2.05, 4.69) is 20.3 Å². The van der Waals surface area contributed by atoms with Crippen LogP contribution in [0.15, 0.2) is 48.9 Å². The number of alkyl halides is 3. The third-order valence-corrected chi connectivity index (χ3v) is 5.96. The highest BCUT2D eigenvalue weighted by Gasteiger charge is 2.39. The van der Waals surface area contributed by atoms with Crippen molar-refractivity contribution in [1.29, 1.82) is 0 Å². The number of halogens is 3. The molecule has 0 bridgehead atoms. The van der Waals surface area contributed by atoms with Crippen LogP contribution in [-0.4, -0.2) is 31.1 Å². The van der Waals surface area contributed by atoms with E-state index in [1.54, 1.807) is 30.6 Å². The number of aryl methyl sites for hydroxylation is 1. The Kier molecular flexibility index (Phi) is 6.26. The van der Waals surface area contributed by atoms with Crippen molar-refractivity contribution in [2.45, 2.75) is 44.4 Å². The van der Waals surface area contributed by atoms with Crippen molar-refractivity contribution in [1.82, 2.24) is 15.0 Å². The van der Waals surface area contributed by atoms with Gasteiger partial charge in [-0.2, -0.15) is 13.2 Å². The molecule has 2 unspecified atom stereocenters. The zero-order chi connectivity index (χ0) is 24.5. The minimum atomic E-state index is -4.58. The summed E-state index contributed by atoms with van der Waals surface area (Å²) in [6.45, 7) is 1.84. The second-order valence-electron chi connectivity index (χ2n) is 8.60. The topological polar surface area (TPSA) is 108 Å². The molecule has 0 radical (unpaired) electrons. The number of rotatable bonds is 5. The number of aromatic nitrogens is 3. The maximum Gasteiger partial charge on any atom is 0.433 e. The molecule has 2 atom stereocenters. The highest BCUT2D eigenvalue weighted by molar-refractivity contribution is 5.72. The molecule has 2 heterocycles. The Morgan fingerprint density at radius 1 is 1.18 bits per heavy atom. The third-order valence-electron chi connectivity index (χ3n) is 5.96. The molecule has 2 aromatic heterocycles. The van der Waals surface area contributed by atoms with Crippen LogP contribution in [0, 0.1) is 12.8 Å². The van der Waals surface area contributed by atoms with Crippen LogP contribution in [0.1, 0.15) is 42.5 Å². The number of carbonyl (C=O) groups is 1. The van der Waals surface area contributed by atoms with Crippen LogP contribution in [0.5, 0.6) is 0 Å². The number of nitrogens with one attached hydrogen (secondary N) is 1. The summed E-state index contributed by atoms with van der Waals surface area (Å²) < 4.78 is 38.9. The predicted molar refractivity (Wildman–Crippen MR) is 118 cm³/mol. The van der Waals surface area contributed by atoms with E-state index in [0.717, 1.165) is 23.4 Å². The van der Waals surface area contributed by atoms with E-state index in [1.807, 2.05) is 13.0 Å². The maximum atomic E-state index is 13.0. The van der Waals surface area contributed by atoms with Crippen molar-refractivity contribution in [3.63, 3.8) is 0 Å². The van der Waals surface area contributed by atoms with Crippen LogP contribution in [0.2, 0.25) is 0 Å². The van der Waals surface area contributed by atoms with Gasteiger partial charge in [0.15, 0.2) is 0 Å². The van der Waals surface area contributed by atoms with Crippen molar-refractivity contribution < 1.29 is 28.2 Å². The van der Waals surface area contributed by atoms with Crippen LogP contribution >= 0.6 is 0 Å². The summed E-state index contributed by atoms with van der Waals surface area (Å²) in [5.41, 5.74) is 0.921. The zero-order valence-electron chi connectivity index (χ0n) is 18.3. The van der Waals surface area contributed by atoms with Crippen LogP contribution in [0.4, 0.5) is 24.8 Å². The summed E-state index contributed by atoms with van der Waals surface area (Å²) in [7, 11) is 0. The Balaban J connectivity index is 1.63. The standard InChI is InChI=1S/C24H23F3N4O3/c1-14-7-16(10-19(8-14)30-22-29-6-4-20(31-22)24(25,26)27)17-9-18(13-28-12-17)23(34)5-2-3-15(11-23)21(32)33/h4,6-10,12-13,15,34H,2-3,5,11H2,1H3,(H,32,33)(H,29,30,31). The van der Waals surface area contributed by atoms with Gasteiger partial charge in [0.05, 0.1) is 11.5 Å². The molecule has 1 aromatic carbocycles. The summed E-state index contributed by atoms with van der Waals surface area (Å²) in [4.78, 5) is 23.1. The van der Waals surface area contributed by atoms with Crippen molar-refractivity contribution in [3.8, 4) is 11.1 Å². The van der Waals surface area contributed by atoms with Gasteiger partial charge in [-0.1, -0.05) is 6.07 Å². The molecule has 3 aromatic rings. The average molecular weight is 472 g/mol. The van der Waals surface area contributed by atoms with E-state index < -0.39 is 29.4 Å². The smallest absolute Gasteiger partial charge is 0.433 e. The minimum Gasteiger partial charge on any atom is -0.481 e. The maximum absolute atomic E-state index is 13.0. The molecule has 3 N–H and O–H groups in total. The first-order valence-electron chi connectivity index (χ1n) is 10.7. The Bertz CT molecular complexity index is 1220. The normalized spacial score (nSPS) is 20.7. The molecule has 0 aliphatic heterocycles. The lowest BCUT2D eigenvalue weighted by atomic mass is 9.74. The number of aliphatic carboxylic acids is 1. The van der Waals surface area contributed by atoms with Gasteiger partial charge in [0.25, 0.3) is 0 Å². The fraction of sp³-hybridized carbons (Fsp3) is 0.333. The Labute approximate surface area is 193 Å². The Morgan fingerprint density at radius 3 is 2.71 bits per heavy atom. The summed E-state index contributed by atoms with van der Waals surface area (Å²) in [5, 5.41) is 23.4. The first-order chi connectivity index (χ1) is 16.0. The molecule has 1 fully saturated rings. The molecule has 7 nitrogen and oxygen atoms in total. The summed E-state index contributed by atoms with van der Waals surface area (Å²) in [6.07, 6.45) is 1.28. The molecule has 0 amide bonds. The van der Waals surface area contributed by atoms with Crippen LogP contribution in [-0.2, 0) is 16.6 Å². The zero-order valence-corrected chi connectivity index (χ0v) is 18.3. The van der Waals surface area contributed by atoms with Gasteiger partial charge < -0.3 is 15.5 Å². The number of carboxylic acids is 1. The van der Waals surface area contributed by atoms with E-state index in [-0.39, 0.29) is 12.4 Å². The predicted octanol–water partition coefficient (Wildman–Crippen LogP) is 5.07. The lowest BCUT2D eigenvalue weighted by Crippen LogP contribution is -2.35. The fourth-order valence-electron chi connectivity index (χ4n) is 4.31. The number of nitrogens with zero attached hydrogens (tertiary/aromatic N) is 3. The van der Waals surface area contributed by atoms with Gasteiger partial charge in [-0.3, -0.25) is 9.78 Å². The lowest BCUT2D eigenvalue weighted by Gasteiger charge is -2.35. The van der Waals surface area contributed by atoms with E-state index in [9.17, 15) is 28.2 Å². The number of hydrogen-bond donors (Lipinski definition) is 3. The average Bonchev–Trinajstić information content (AvgIpc) is 2.78. The molecule has 34 heavy (non-hydrogen) atoms. The third kappa shape index (κ3) is 5.17.